The van der Waals surface area contributed by atoms with E-state index in [1.807, 2.05) is 6.07 Å². The van der Waals surface area contributed by atoms with Crippen molar-refractivity contribution < 1.29 is 4.42 Å². The lowest BCUT2D eigenvalue weighted by Crippen LogP contribution is -2.40. The van der Waals surface area contributed by atoms with Crippen LogP contribution in [0.15, 0.2) is 40.2 Å². The lowest BCUT2D eigenvalue weighted by Gasteiger charge is -2.17. The Labute approximate surface area is 106 Å². The van der Waals surface area contributed by atoms with E-state index in [1.54, 1.807) is 12.5 Å². The molecule has 2 heterocycles. The lowest BCUT2D eigenvalue weighted by molar-refractivity contribution is 0.563. The number of furan rings is 1. The molecule has 4 nitrogen and oxygen atoms in total. The van der Waals surface area contributed by atoms with Gasteiger partial charge < -0.3 is 15.1 Å². The van der Waals surface area contributed by atoms with Crippen molar-refractivity contribution in [3.8, 4) is 0 Å². The second-order valence-electron chi connectivity index (χ2n) is 3.25. The van der Waals surface area contributed by atoms with Gasteiger partial charge >= 0.3 is 0 Å². The van der Waals surface area contributed by atoms with Crippen LogP contribution >= 0.6 is 24.0 Å². The summed E-state index contributed by atoms with van der Waals surface area (Å²) in [5, 5.41) is 6.32. The molecule has 0 spiro atoms. The van der Waals surface area contributed by atoms with E-state index >= 15 is 0 Å². The van der Waals surface area contributed by atoms with Gasteiger partial charge in [-0.05, 0) is 11.6 Å². The predicted octanol–water partition coefficient (Wildman–Crippen LogP) is 1.50. The molecule has 15 heavy (non-hydrogen) atoms. The Morgan fingerprint density at radius 2 is 2.47 bits per heavy atom. The average molecular weight is 319 g/mol. The second-order valence-corrected chi connectivity index (χ2v) is 3.25. The van der Waals surface area contributed by atoms with E-state index in [2.05, 4.69) is 22.2 Å². The first kappa shape index (κ1) is 12.1. The highest BCUT2D eigenvalue weighted by Crippen LogP contribution is 1.99. The molecule has 0 unspecified atom stereocenters. The summed E-state index contributed by atoms with van der Waals surface area (Å²) in [6.45, 7) is 6.09. The number of guanidine groups is 1. The first-order valence-electron chi connectivity index (χ1n) is 4.54. The Kier molecular flexibility index (Phi) is 4.67. The molecule has 0 amide bonds. The van der Waals surface area contributed by atoms with Gasteiger partial charge in [-0.2, -0.15) is 0 Å². The molecule has 2 rings (SSSR count). The molecule has 1 aromatic heterocycles. The maximum atomic E-state index is 4.96. The zero-order valence-corrected chi connectivity index (χ0v) is 10.7. The Morgan fingerprint density at radius 3 is 3.07 bits per heavy atom. The third-order valence-corrected chi connectivity index (χ3v) is 2.01. The van der Waals surface area contributed by atoms with Crippen LogP contribution in [0.1, 0.15) is 5.56 Å². The van der Waals surface area contributed by atoms with Crippen molar-refractivity contribution in [3.63, 3.8) is 0 Å². The molecule has 0 atom stereocenters. The van der Waals surface area contributed by atoms with Crippen LogP contribution in [0.5, 0.6) is 0 Å². The van der Waals surface area contributed by atoms with E-state index in [9.17, 15) is 0 Å². The summed E-state index contributed by atoms with van der Waals surface area (Å²) in [5.41, 5.74) is 2.22. The number of hydrogen-bond donors (Lipinski definition) is 2. The van der Waals surface area contributed by atoms with E-state index in [1.165, 1.54) is 0 Å². The molecule has 82 valence electrons. The molecular weight excluding hydrogens is 305 g/mol. The van der Waals surface area contributed by atoms with Crippen LogP contribution < -0.4 is 10.6 Å². The second kappa shape index (κ2) is 5.79. The summed E-state index contributed by atoms with van der Waals surface area (Å²) in [5.74, 6) is 0.832. The van der Waals surface area contributed by atoms with Crippen molar-refractivity contribution in [2.75, 3.05) is 13.1 Å². The molecule has 0 saturated heterocycles. The van der Waals surface area contributed by atoms with Crippen molar-refractivity contribution >= 4 is 29.9 Å². The first-order valence-corrected chi connectivity index (χ1v) is 4.54. The summed E-state index contributed by atoms with van der Waals surface area (Å²) in [4.78, 5) is 4.27. The fourth-order valence-electron chi connectivity index (χ4n) is 1.21. The number of hydrogen-bond acceptors (Lipinski definition) is 4. The Hall–Kier alpha value is -0.980. The van der Waals surface area contributed by atoms with E-state index in [0.717, 1.165) is 30.2 Å². The van der Waals surface area contributed by atoms with Crippen LogP contribution in [0.4, 0.5) is 0 Å². The Bertz CT molecular complexity index is 346. The van der Waals surface area contributed by atoms with Gasteiger partial charge in [-0.1, -0.05) is 6.58 Å². The molecule has 1 aromatic rings. The van der Waals surface area contributed by atoms with Crippen molar-refractivity contribution in [1.82, 2.24) is 10.6 Å². The van der Waals surface area contributed by atoms with Crippen molar-refractivity contribution in [1.29, 1.82) is 0 Å². The van der Waals surface area contributed by atoms with Crippen molar-refractivity contribution in [2.45, 2.75) is 6.54 Å². The standard InChI is InChI=1S/C10H13N3O.HI/c1-8-4-11-10(12-5-8)13-6-9-2-3-14-7-9;/h2-3,7H,1,4-6H2,(H2,11,12,13);1H. The van der Waals surface area contributed by atoms with E-state index in [0.29, 0.717) is 6.54 Å². The molecule has 0 aromatic carbocycles. The molecule has 5 heteroatoms. The minimum Gasteiger partial charge on any atom is -0.472 e. The largest absolute Gasteiger partial charge is 0.472 e. The van der Waals surface area contributed by atoms with Crippen LogP contribution in [0.25, 0.3) is 0 Å². The van der Waals surface area contributed by atoms with Crippen LogP contribution in [0, 0.1) is 0 Å². The van der Waals surface area contributed by atoms with Gasteiger partial charge in [-0.25, -0.2) is 4.99 Å². The highest BCUT2D eigenvalue weighted by Gasteiger charge is 2.05. The van der Waals surface area contributed by atoms with E-state index < -0.39 is 0 Å². The quantitative estimate of drug-likeness (QED) is 0.642. The van der Waals surface area contributed by atoms with Gasteiger partial charge in [0.15, 0.2) is 5.96 Å². The minimum atomic E-state index is 0. The fraction of sp³-hybridized carbons (Fsp3) is 0.300. The zero-order chi connectivity index (χ0) is 9.80. The topological polar surface area (TPSA) is 49.6 Å². The third kappa shape index (κ3) is 3.58. The summed E-state index contributed by atoms with van der Waals surface area (Å²) in [6.07, 6.45) is 3.38. The SMILES string of the molecule is C=C1CN=C(NCc2ccoc2)NC1.I. The summed E-state index contributed by atoms with van der Waals surface area (Å²) >= 11 is 0. The highest BCUT2D eigenvalue weighted by molar-refractivity contribution is 14.0. The van der Waals surface area contributed by atoms with Crippen LogP contribution in [-0.2, 0) is 6.54 Å². The number of nitrogens with one attached hydrogen (secondary N) is 2. The van der Waals surface area contributed by atoms with Gasteiger partial charge in [0.25, 0.3) is 0 Å². The predicted molar refractivity (Wildman–Crippen MR) is 70.4 cm³/mol. The maximum Gasteiger partial charge on any atom is 0.192 e. The molecular formula is C10H14IN3O. The molecule has 0 aliphatic carbocycles. The number of rotatable bonds is 2. The number of nitrogens with zero attached hydrogens (tertiary/aromatic N) is 1. The molecule has 2 N–H and O–H groups in total. The van der Waals surface area contributed by atoms with Gasteiger partial charge in [-0.15, -0.1) is 24.0 Å². The maximum absolute atomic E-state index is 4.96. The lowest BCUT2D eigenvalue weighted by atomic mass is 10.3. The van der Waals surface area contributed by atoms with Gasteiger partial charge in [0, 0.05) is 18.7 Å². The summed E-state index contributed by atoms with van der Waals surface area (Å²) < 4.78 is 4.96. The fourth-order valence-corrected chi connectivity index (χ4v) is 1.21. The van der Waals surface area contributed by atoms with E-state index in [-0.39, 0.29) is 24.0 Å². The van der Waals surface area contributed by atoms with Gasteiger partial charge in [0.05, 0.1) is 19.1 Å². The molecule has 1 aliphatic rings. The van der Waals surface area contributed by atoms with Crippen LogP contribution in [0.3, 0.4) is 0 Å². The molecule has 0 saturated carbocycles. The minimum absolute atomic E-state index is 0. The van der Waals surface area contributed by atoms with E-state index in [4.69, 9.17) is 4.42 Å². The van der Waals surface area contributed by atoms with Crippen molar-refractivity contribution in [3.05, 3.63) is 36.3 Å². The summed E-state index contributed by atoms with van der Waals surface area (Å²) in [7, 11) is 0. The van der Waals surface area contributed by atoms with Crippen molar-refractivity contribution in [2.24, 2.45) is 4.99 Å². The molecule has 0 bridgehead atoms. The monoisotopic (exact) mass is 319 g/mol. The van der Waals surface area contributed by atoms with Crippen LogP contribution in [0.2, 0.25) is 0 Å². The average Bonchev–Trinajstić information content (AvgIpc) is 2.70. The molecule has 0 radical (unpaired) electrons. The smallest absolute Gasteiger partial charge is 0.192 e. The van der Waals surface area contributed by atoms with Gasteiger partial charge in [0.2, 0.25) is 0 Å². The summed E-state index contributed by atoms with van der Waals surface area (Å²) in [6, 6.07) is 1.93. The third-order valence-electron chi connectivity index (χ3n) is 2.01. The Balaban J connectivity index is 0.00000112. The number of halogens is 1. The first-order chi connectivity index (χ1) is 6.84. The highest BCUT2D eigenvalue weighted by atomic mass is 127. The zero-order valence-electron chi connectivity index (χ0n) is 8.32. The van der Waals surface area contributed by atoms with Gasteiger partial charge in [0.1, 0.15) is 0 Å². The van der Waals surface area contributed by atoms with Gasteiger partial charge in [-0.3, -0.25) is 0 Å². The molecule has 1 aliphatic heterocycles. The van der Waals surface area contributed by atoms with Crippen LogP contribution in [-0.4, -0.2) is 19.0 Å². The Morgan fingerprint density at radius 1 is 1.60 bits per heavy atom. The normalized spacial score (nSPS) is 14.9. The molecule has 0 fully saturated rings. The number of aliphatic imine (C=N–C) groups is 1.